The van der Waals surface area contributed by atoms with E-state index >= 15 is 0 Å². The molecule has 0 N–H and O–H groups in total. The number of fused-ring (bicyclic) bond motifs is 1. The fraction of sp³-hybridized carbons (Fsp3) is 0.500. The van der Waals surface area contributed by atoms with Crippen molar-refractivity contribution in [2.24, 2.45) is 5.41 Å². The molecular weight excluding hydrogens is 184 g/mol. The van der Waals surface area contributed by atoms with Crippen molar-refractivity contribution in [3.63, 3.8) is 0 Å². The summed E-state index contributed by atoms with van der Waals surface area (Å²) in [6.07, 6.45) is 1.84. The Kier molecular flexibility index (Phi) is 2.22. The third-order valence-electron chi connectivity index (χ3n) is 3.96. The largest absolute Gasteiger partial charge is 0.299 e. The zero-order valence-corrected chi connectivity index (χ0v) is 9.98. The quantitative estimate of drug-likeness (QED) is 0.684. The molecule has 15 heavy (non-hydrogen) atoms. The Morgan fingerprint density at radius 1 is 1.27 bits per heavy atom. The Balaban J connectivity index is 2.48. The highest BCUT2D eigenvalue weighted by molar-refractivity contribution is 5.83. The maximum absolute atomic E-state index is 11.6. The number of carbonyl (C=O) groups excluding carboxylic acids is 1. The van der Waals surface area contributed by atoms with Gasteiger partial charge in [-0.3, -0.25) is 4.79 Å². The van der Waals surface area contributed by atoms with Crippen LogP contribution in [0.2, 0.25) is 0 Å². The summed E-state index contributed by atoms with van der Waals surface area (Å²) in [5.41, 5.74) is 5.34. The van der Waals surface area contributed by atoms with Crippen LogP contribution in [-0.4, -0.2) is 5.78 Å². The van der Waals surface area contributed by atoms with Gasteiger partial charge in [0.15, 0.2) is 0 Å². The lowest BCUT2D eigenvalue weighted by molar-refractivity contribution is -0.125. The fourth-order valence-corrected chi connectivity index (χ4v) is 2.46. The molecule has 1 heteroatoms. The molecule has 0 saturated heterocycles. The van der Waals surface area contributed by atoms with Gasteiger partial charge in [-0.15, -0.1) is 0 Å². The van der Waals surface area contributed by atoms with Gasteiger partial charge in [0.1, 0.15) is 5.78 Å². The first kappa shape index (κ1) is 10.4. The van der Waals surface area contributed by atoms with Gasteiger partial charge in [0.25, 0.3) is 0 Å². The van der Waals surface area contributed by atoms with Crippen molar-refractivity contribution in [3.05, 3.63) is 34.4 Å². The topological polar surface area (TPSA) is 17.1 Å². The van der Waals surface area contributed by atoms with Crippen molar-refractivity contribution in [1.29, 1.82) is 0 Å². The first-order valence-electron chi connectivity index (χ1n) is 5.53. The summed E-state index contributed by atoms with van der Waals surface area (Å²) in [4.78, 5) is 11.6. The zero-order valence-electron chi connectivity index (χ0n) is 9.98. The molecule has 0 amide bonds. The van der Waals surface area contributed by atoms with Crippen molar-refractivity contribution in [2.75, 3.05) is 0 Å². The second-order valence-electron chi connectivity index (χ2n) is 5.12. The number of benzene rings is 1. The molecule has 0 saturated carbocycles. The lowest BCUT2D eigenvalue weighted by Gasteiger charge is -2.19. The average Bonchev–Trinajstić information content (AvgIpc) is 2.51. The van der Waals surface area contributed by atoms with Crippen molar-refractivity contribution >= 4 is 5.78 Å². The number of carbonyl (C=O) groups is 1. The summed E-state index contributed by atoms with van der Waals surface area (Å²) in [6, 6.07) is 4.35. The van der Waals surface area contributed by atoms with E-state index in [1.54, 1.807) is 6.92 Å². The Bertz CT molecular complexity index is 431. The van der Waals surface area contributed by atoms with Gasteiger partial charge in [-0.1, -0.05) is 19.1 Å². The van der Waals surface area contributed by atoms with Crippen LogP contribution < -0.4 is 0 Å². The number of aryl methyl sites for hydroxylation is 1. The molecule has 0 heterocycles. The number of rotatable bonds is 1. The average molecular weight is 202 g/mol. The summed E-state index contributed by atoms with van der Waals surface area (Å²) >= 11 is 0. The van der Waals surface area contributed by atoms with Crippen LogP contribution in [0.1, 0.15) is 36.1 Å². The molecule has 0 unspecified atom stereocenters. The van der Waals surface area contributed by atoms with Crippen molar-refractivity contribution in [1.82, 2.24) is 0 Å². The molecule has 80 valence electrons. The molecule has 0 radical (unpaired) electrons. The first-order chi connectivity index (χ1) is 6.94. The van der Waals surface area contributed by atoms with Crippen molar-refractivity contribution in [3.8, 4) is 0 Å². The van der Waals surface area contributed by atoms with E-state index < -0.39 is 0 Å². The maximum atomic E-state index is 11.6. The third-order valence-corrected chi connectivity index (χ3v) is 3.96. The molecule has 1 aliphatic carbocycles. The summed E-state index contributed by atoms with van der Waals surface area (Å²) < 4.78 is 0. The number of hydrogen-bond acceptors (Lipinski definition) is 1. The summed E-state index contributed by atoms with van der Waals surface area (Å²) in [7, 11) is 0. The van der Waals surface area contributed by atoms with Gasteiger partial charge in [0.2, 0.25) is 0 Å². The molecule has 1 atom stereocenters. The predicted molar refractivity (Wildman–Crippen MR) is 62.1 cm³/mol. The molecule has 1 aliphatic rings. The van der Waals surface area contributed by atoms with E-state index in [4.69, 9.17) is 0 Å². The van der Waals surface area contributed by atoms with Crippen LogP contribution in [0.3, 0.4) is 0 Å². The van der Waals surface area contributed by atoms with Gasteiger partial charge in [-0.05, 0) is 55.9 Å². The highest BCUT2D eigenvalue weighted by Gasteiger charge is 2.37. The second kappa shape index (κ2) is 3.19. The first-order valence-corrected chi connectivity index (χ1v) is 5.53. The maximum Gasteiger partial charge on any atom is 0.136 e. The lowest BCUT2D eigenvalue weighted by atomic mass is 9.83. The Labute approximate surface area is 91.5 Å². The van der Waals surface area contributed by atoms with Crippen LogP contribution in [0.4, 0.5) is 0 Å². The monoisotopic (exact) mass is 202 g/mol. The molecule has 0 aromatic heterocycles. The Morgan fingerprint density at radius 2 is 1.93 bits per heavy atom. The number of Topliss-reactive ketones (excluding diaryl/α,β-unsaturated/α-hetero) is 1. The van der Waals surface area contributed by atoms with Gasteiger partial charge in [-0.2, -0.15) is 0 Å². The Morgan fingerprint density at radius 3 is 2.53 bits per heavy atom. The lowest BCUT2D eigenvalue weighted by Crippen LogP contribution is -2.25. The zero-order chi connectivity index (χ0) is 11.2. The second-order valence-corrected chi connectivity index (χ2v) is 5.12. The molecule has 1 aromatic carbocycles. The van der Waals surface area contributed by atoms with Gasteiger partial charge in [0, 0.05) is 5.41 Å². The van der Waals surface area contributed by atoms with Crippen LogP contribution in [-0.2, 0) is 17.6 Å². The van der Waals surface area contributed by atoms with Gasteiger partial charge in [0.05, 0.1) is 0 Å². The molecule has 0 fully saturated rings. The van der Waals surface area contributed by atoms with E-state index in [0.29, 0.717) is 5.78 Å². The van der Waals surface area contributed by atoms with E-state index in [9.17, 15) is 4.79 Å². The minimum Gasteiger partial charge on any atom is -0.299 e. The van der Waals surface area contributed by atoms with Crippen molar-refractivity contribution in [2.45, 2.75) is 40.5 Å². The van der Waals surface area contributed by atoms with Gasteiger partial charge < -0.3 is 0 Å². The van der Waals surface area contributed by atoms with Gasteiger partial charge >= 0.3 is 0 Å². The van der Waals surface area contributed by atoms with E-state index in [-0.39, 0.29) is 5.41 Å². The molecule has 0 spiro atoms. The van der Waals surface area contributed by atoms with E-state index in [2.05, 4.69) is 32.9 Å². The Hall–Kier alpha value is -1.11. The minimum atomic E-state index is -0.152. The number of ketones is 1. The highest BCUT2D eigenvalue weighted by Crippen LogP contribution is 2.39. The molecule has 0 bridgehead atoms. The van der Waals surface area contributed by atoms with Crippen LogP contribution >= 0.6 is 0 Å². The number of hydrogen-bond donors (Lipinski definition) is 0. The SMILES string of the molecule is CC(=O)[C@]1(C)Cc2ccc(C)c(C)c2C1. The van der Waals surface area contributed by atoms with Crippen LogP contribution in [0, 0.1) is 19.3 Å². The molecule has 1 aromatic rings. The normalized spacial score (nSPS) is 24.0. The van der Waals surface area contributed by atoms with E-state index in [0.717, 1.165) is 12.8 Å². The third kappa shape index (κ3) is 1.50. The highest BCUT2D eigenvalue weighted by atomic mass is 16.1. The molecular formula is C14H18O. The van der Waals surface area contributed by atoms with E-state index in [1.165, 1.54) is 22.3 Å². The minimum absolute atomic E-state index is 0.152. The van der Waals surface area contributed by atoms with Crippen LogP contribution in [0.15, 0.2) is 12.1 Å². The molecule has 0 aliphatic heterocycles. The fourth-order valence-electron chi connectivity index (χ4n) is 2.46. The summed E-state index contributed by atoms with van der Waals surface area (Å²) in [5, 5.41) is 0. The summed E-state index contributed by atoms with van der Waals surface area (Å²) in [5.74, 6) is 0.316. The van der Waals surface area contributed by atoms with Gasteiger partial charge in [-0.25, -0.2) is 0 Å². The summed E-state index contributed by atoms with van der Waals surface area (Å²) in [6.45, 7) is 8.11. The molecule has 2 rings (SSSR count). The van der Waals surface area contributed by atoms with Crippen LogP contribution in [0.5, 0.6) is 0 Å². The standard InChI is InChI=1S/C14H18O/c1-9-5-6-12-7-14(4,11(3)15)8-13(12)10(9)2/h5-6H,7-8H2,1-4H3/t14-/m1/s1. The van der Waals surface area contributed by atoms with E-state index in [1.807, 2.05) is 0 Å². The van der Waals surface area contributed by atoms with Crippen molar-refractivity contribution < 1.29 is 4.79 Å². The predicted octanol–water partition coefficient (Wildman–Crippen LogP) is 3.00. The van der Waals surface area contributed by atoms with Crippen LogP contribution in [0.25, 0.3) is 0 Å². The smallest absolute Gasteiger partial charge is 0.136 e. The molecule has 1 nitrogen and oxygen atoms in total.